The van der Waals surface area contributed by atoms with Crippen LogP contribution in [0.5, 0.6) is 0 Å². The summed E-state index contributed by atoms with van der Waals surface area (Å²) in [5.74, 6) is -0.0674. The number of benzene rings is 1. The van der Waals surface area contributed by atoms with Crippen molar-refractivity contribution in [2.45, 2.75) is 18.4 Å². The Kier molecular flexibility index (Phi) is 5.01. The van der Waals surface area contributed by atoms with Crippen LogP contribution >= 0.6 is 0 Å². The molecule has 0 unspecified atom stereocenters. The van der Waals surface area contributed by atoms with Gasteiger partial charge in [-0.2, -0.15) is 0 Å². The van der Waals surface area contributed by atoms with Crippen molar-refractivity contribution in [2.75, 3.05) is 50.7 Å². The fourth-order valence-electron chi connectivity index (χ4n) is 3.14. The van der Waals surface area contributed by atoms with Crippen LogP contribution in [0.25, 0.3) is 0 Å². The minimum Gasteiger partial charge on any atom is -0.382 e. The molecule has 1 fully saturated rings. The zero-order chi connectivity index (χ0) is 17.0. The van der Waals surface area contributed by atoms with Gasteiger partial charge < -0.3 is 25.0 Å². The molecule has 0 aliphatic carbocycles. The third kappa shape index (κ3) is 3.37. The van der Waals surface area contributed by atoms with Crippen molar-refractivity contribution in [2.24, 2.45) is 0 Å². The summed E-state index contributed by atoms with van der Waals surface area (Å²) >= 11 is 0. The Labute approximate surface area is 141 Å². The Bertz CT molecular complexity index is 612. The van der Waals surface area contributed by atoms with Gasteiger partial charge in [0.1, 0.15) is 12.1 Å². The van der Waals surface area contributed by atoms with Crippen LogP contribution in [0, 0.1) is 0 Å². The molecule has 1 saturated heterocycles. The van der Waals surface area contributed by atoms with Crippen LogP contribution < -0.4 is 10.6 Å². The molecule has 1 spiro atoms. The largest absolute Gasteiger partial charge is 0.382 e. The lowest BCUT2D eigenvalue weighted by Gasteiger charge is -2.44. The predicted octanol–water partition coefficient (Wildman–Crippen LogP) is 1.07. The van der Waals surface area contributed by atoms with Gasteiger partial charge in [-0.05, 0) is 25.0 Å². The van der Waals surface area contributed by atoms with E-state index < -0.39 is 5.54 Å². The van der Waals surface area contributed by atoms with Crippen LogP contribution in [0.4, 0.5) is 11.4 Å². The second kappa shape index (κ2) is 7.19. The third-order valence-electron chi connectivity index (χ3n) is 4.61. The van der Waals surface area contributed by atoms with Crippen LogP contribution in [0.1, 0.15) is 12.8 Å². The Morgan fingerprint density at radius 3 is 2.62 bits per heavy atom. The molecule has 0 saturated carbocycles. The lowest BCUT2D eigenvalue weighted by molar-refractivity contribution is -0.139. The molecule has 2 amide bonds. The predicted molar refractivity (Wildman–Crippen MR) is 89.9 cm³/mol. The van der Waals surface area contributed by atoms with Gasteiger partial charge in [0.25, 0.3) is 0 Å². The monoisotopic (exact) mass is 333 g/mol. The van der Waals surface area contributed by atoms with E-state index in [1.165, 1.54) is 0 Å². The Hall–Kier alpha value is -2.12. The van der Waals surface area contributed by atoms with E-state index in [0.29, 0.717) is 39.1 Å². The highest BCUT2D eigenvalue weighted by molar-refractivity contribution is 6.06. The van der Waals surface area contributed by atoms with Gasteiger partial charge in [-0.25, -0.2) is 0 Å². The second-order valence-electron chi connectivity index (χ2n) is 6.13. The highest BCUT2D eigenvalue weighted by Crippen LogP contribution is 2.36. The first-order valence-corrected chi connectivity index (χ1v) is 8.18. The van der Waals surface area contributed by atoms with Gasteiger partial charge in [-0.1, -0.05) is 12.1 Å². The molecule has 2 aliphatic heterocycles. The minimum absolute atomic E-state index is 0.0235. The van der Waals surface area contributed by atoms with Gasteiger partial charge in [-0.3, -0.25) is 9.59 Å². The van der Waals surface area contributed by atoms with Gasteiger partial charge in [-0.15, -0.1) is 0 Å². The molecule has 0 radical (unpaired) electrons. The molecule has 7 heteroatoms. The maximum absolute atomic E-state index is 12.5. The van der Waals surface area contributed by atoms with Crippen molar-refractivity contribution in [1.29, 1.82) is 0 Å². The van der Waals surface area contributed by atoms with Crippen LogP contribution in [0.2, 0.25) is 0 Å². The molecular formula is C17H23N3O4. The number of piperidine rings is 1. The number of hydrogen-bond acceptors (Lipinski definition) is 5. The number of carbonyl (C=O) groups is 2. The van der Waals surface area contributed by atoms with E-state index in [9.17, 15) is 9.59 Å². The number of amides is 2. The van der Waals surface area contributed by atoms with Crippen molar-refractivity contribution in [3.8, 4) is 0 Å². The maximum atomic E-state index is 12.5. The molecule has 1 aromatic rings. The van der Waals surface area contributed by atoms with E-state index in [0.717, 1.165) is 11.4 Å². The fourth-order valence-corrected chi connectivity index (χ4v) is 3.14. The molecule has 3 rings (SSSR count). The van der Waals surface area contributed by atoms with Gasteiger partial charge in [0.2, 0.25) is 11.8 Å². The molecule has 2 heterocycles. The summed E-state index contributed by atoms with van der Waals surface area (Å²) in [6.45, 7) is 2.00. The lowest BCUT2D eigenvalue weighted by atomic mass is 9.84. The normalized spacial score (nSPS) is 18.7. The Balaban J connectivity index is 1.56. The second-order valence-corrected chi connectivity index (χ2v) is 6.13. The maximum Gasteiger partial charge on any atom is 0.250 e. The molecule has 7 nitrogen and oxygen atoms in total. The van der Waals surface area contributed by atoms with E-state index in [1.54, 1.807) is 12.0 Å². The average molecular weight is 333 g/mol. The quantitative estimate of drug-likeness (QED) is 0.788. The summed E-state index contributed by atoms with van der Waals surface area (Å²) < 4.78 is 10.2. The lowest BCUT2D eigenvalue weighted by Crippen LogP contribution is -2.59. The minimum atomic E-state index is -0.637. The van der Waals surface area contributed by atoms with E-state index in [2.05, 4.69) is 10.6 Å². The van der Waals surface area contributed by atoms with E-state index in [4.69, 9.17) is 9.47 Å². The number of rotatable bonds is 5. The molecule has 0 atom stereocenters. The molecule has 0 aromatic heterocycles. The van der Waals surface area contributed by atoms with Crippen LogP contribution in [0.3, 0.4) is 0 Å². The van der Waals surface area contributed by atoms with Crippen molar-refractivity contribution in [3.05, 3.63) is 24.3 Å². The zero-order valence-corrected chi connectivity index (χ0v) is 13.8. The number of ether oxygens (including phenoxy) is 2. The molecule has 24 heavy (non-hydrogen) atoms. The number of methoxy groups -OCH3 is 1. The zero-order valence-electron chi connectivity index (χ0n) is 13.8. The van der Waals surface area contributed by atoms with Crippen molar-refractivity contribution < 1.29 is 19.1 Å². The van der Waals surface area contributed by atoms with Crippen molar-refractivity contribution in [1.82, 2.24) is 4.90 Å². The van der Waals surface area contributed by atoms with Gasteiger partial charge >= 0.3 is 0 Å². The van der Waals surface area contributed by atoms with E-state index in [1.807, 2.05) is 24.3 Å². The number of fused-ring (bicyclic) bond motifs is 1. The van der Waals surface area contributed by atoms with E-state index in [-0.39, 0.29) is 18.4 Å². The molecule has 1 aromatic carbocycles. The summed E-state index contributed by atoms with van der Waals surface area (Å²) in [5, 5.41) is 6.35. The number of nitrogens with one attached hydrogen (secondary N) is 2. The Morgan fingerprint density at radius 1 is 1.21 bits per heavy atom. The van der Waals surface area contributed by atoms with Crippen molar-refractivity contribution in [3.63, 3.8) is 0 Å². The fraction of sp³-hybridized carbons (Fsp3) is 0.529. The smallest absolute Gasteiger partial charge is 0.250 e. The summed E-state index contributed by atoms with van der Waals surface area (Å²) in [4.78, 5) is 26.4. The van der Waals surface area contributed by atoms with Crippen molar-refractivity contribution >= 4 is 23.2 Å². The molecule has 2 aliphatic rings. The first kappa shape index (κ1) is 16.7. The average Bonchev–Trinajstić information content (AvgIpc) is 2.60. The summed E-state index contributed by atoms with van der Waals surface area (Å²) in [6, 6.07) is 7.66. The van der Waals surface area contributed by atoms with Gasteiger partial charge in [0.05, 0.1) is 24.6 Å². The standard InChI is InChI=1S/C17H23N3O4/c1-23-10-11-24-12-15(21)20-8-6-17(7-9-20)16(22)18-13-4-2-3-5-14(13)19-17/h2-5,19H,6-12H2,1H3,(H,18,22). The highest BCUT2D eigenvalue weighted by atomic mass is 16.5. The molecular weight excluding hydrogens is 310 g/mol. The topological polar surface area (TPSA) is 79.9 Å². The van der Waals surface area contributed by atoms with Crippen LogP contribution in [0.15, 0.2) is 24.3 Å². The number of carbonyl (C=O) groups excluding carboxylic acids is 2. The SMILES string of the molecule is COCCOCC(=O)N1CCC2(CC1)Nc1ccccc1NC2=O. The third-order valence-corrected chi connectivity index (χ3v) is 4.61. The summed E-state index contributed by atoms with van der Waals surface area (Å²) in [5.41, 5.74) is 1.10. The summed E-state index contributed by atoms with van der Waals surface area (Å²) in [6.07, 6.45) is 1.16. The number of hydrogen-bond donors (Lipinski definition) is 2. The molecule has 0 bridgehead atoms. The van der Waals surface area contributed by atoms with Gasteiger partial charge in [0, 0.05) is 20.2 Å². The summed E-state index contributed by atoms with van der Waals surface area (Å²) in [7, 11) is 1.59. The molecule has 2 N–H and O–H groups in total. The number of nitrogens with zero attached hydrogens (tertiary/aromatic N) is 1. The first-order chi connectivity index (χ1) is 11.6. The van der Waals surface area contributed by atoms with E-state index >= 15 is 0 Å². The molecule has 130 valence electrons. The van der Waals surface area contributed by atoms with Gasteiger partial charge in [0.15, 0.2) is 0 Å². The van der Waals surface area contributed by atoms with Crippen LogP contribution in [-0.4, -0.2) is 62.3 Å². The number of likely N-dealkylation sites (tertiary alicyclic amines) is 1. The Morgan fingerprint density at radius 2 is 1.92 bits per heavy atom. The first-order valence-electron chi connectivity index (χ1n) is 8.18. The highest BCUT2D eigenvalue weighted by Gasteiger charge is 2.44. The van der Waals surface area contributed by atoms with Crippen LogP contribution in [-0.2, 0) is 19.1 Å². The number of anilines is 2. The number of para-hydroxylation sites is 2.